The first kappa shape index (κ1) is 20.9. The smallest absolute Gasteiger partial charge is 0.193 e. The van der Waals surface area contributed by atoms with Crippen molar-refractivity contribution in [3.8, 4) is 0 Å². The molecule has 142 valence electrons. The quantitative estimate of drug-likeness (QED) is 0.299. The van der Waals surface area contributed by atoms with Crippen molar-refractivity contribution < 1.29 is 0 Å². The molecule has 0 radical (unpaired) electrons. The number of hydrogen-bond donors (Lipinski definition) is 1. The van der Waals surface area contributed by atoms with E-state index in [0.29, 0.717) is 0 Å². The van der Waals surface area contributed by atoms with Crippen LogP contribution in [0.2, 0.25) is 0 Å². The van der Waals surface area contributed by atoms with E-state index in [9.17, 15) is 0 Å². The van der Waals surface area contributed by atoms with Crippen LogP contribution in [0.1, 0.15) is 61.5 Å². The van der Waals surface area contributed by atoms with Gasteiger partial charge in [-0.3, -0.25) is 4.99 Å². The zero-order valence-electron chi connectivity index (χ0n) is 15.7. The Morgan fingerprint density at radius 2 is 2.04 bits per heavy atom. The van der Waals surface area contributed by atoms with Crippen LogP contribution in [-0.2, 0) is 19.3 Å². The van der Waals surface area contributed by atoms with E-state index >= 15 is 0 Å². The van der Waals surface area contributed by atoms with Gasteiger partial charge in [-0.2, -0.15) is 0 Å². The normalized spacial score (nSPS) is 18.6. The summed E-state index contributed by atoms with van der Waals surface area (Å²) in [5, 5.41) is 4.80. The largest absolute Gasteiger partial charge is 0.357 e. The first-order valence-electron chi connectivity index (χ1n) is 9.77. The van der Waals surface area contributed by atoms with E-state index in [-0.39, 0.29) is 24.0 Å². The molecule has 0 amide bonds. The van der Waals surface area contributed by atoms with Crippen molar-refractivity contribution in [2.75, 3.05) is 26.2 Å². The van der Waals surface area contributed by atoms with Gasteiger partial charge >= 0.3 is 0 Å². The Labute approximate surface area is 173 Å². The van der Waals surface area contributed by atoms with E-state index in [0.717, 1.165) is 50.9 Å². The van der Waals surface area contributed by atoms with Crippen LogP contribution in [0.25, 0.3) is 0 Å². The fraction of sp³-hybridized carbons (Fsp3) is 0.789. The molecule has 0 saturated carbocycles. The number of hydrogen-bond acceptors (Lipinski definition) is 3. The molecule has 2 heterocycles. The SMILES string of the molecule is CCNC(=NCCCc1nc2c(s1)CCCC2)N1CCC(C)CC1.I. The van der Waals surface area contributed by atoms with Crippen LogP contribution in [0, 0.1) is 5.92 Å². The second-order valence-electron chi connectivity index (χ2n) is 7.19. The van der Waals surface area contributed by atoms with Crippen molar-refractivity contribution in [1.29, 1.82) is 0 Å². The summed E-state index contributed by atoms with van der Waals surface area (Å²) in [5.74, 6) is 1.97. The molecule has 1 N–H and O–H groups in total. The number of guanidine groups is 1. The maximum Gasteiger partial charge on any atom is 0.193 e. The average molecular weight is 476 g/mol. The lowest BCUT2D eigenvalue weighted by Crippen LogP contribution is -2.45. The fourth-order valence-corrected chi connectivity index (χ4v) is 4.77. The Morgan fingerprint density at radius 1 is 1.28 bits per heavy atom. The standard InChI is InChI=1S/C19H32N4S.HI/c1-3-20-19(23-13-10-15(2)11-14-23)21-12-6-9-18-22-16-7-4-5-8-17(16)24-18;/h15H,3-14H2,1-2H3,(H,20,21);1H. The third-order valence-corrected chi connectivity index (χ3v) is 6.34. The summed E-state index contributed by atoms with van der Waals surface area (Å²) in [7, 11) is 0. The van der Waals surface area contributed by atoms with E-state index < -0.39 is 0 Å². The molecule has 0 atom stereocenters. The van der Waals surface area contributed by atoms with E-state index in [4.69, 9.17) is 9.98 Å². The number of thiazole rings is 1. The highest BCUT2D eigenvalue weighted by atomic mass is 127. The van der Waals surface area contributed by atoms with Crippen molar-refractivity contribution >= 4 is 41.3 Å². The van der Waals surface area contributed by atoms with Crippen LogP contribution in [-0.4, -0.2) is 42.0 Å². The van der Waals surface area contributed by atoms with Gasteiger partial charge in [0.1, 0.15) is 0 Å². The number of nitrogens with zero attached hydrogens (tertiary/aromatic N) is 3. The minimum atomic E-state index is 0. The molecular weight excluding hydrogens is 443 g/mol. The molecule has 25 heavy (non-hydrogen) atoms. The molecule has 1 saturated heterocycles. The second kappa shape index (κ2) is 10.7. The van der Waals surface area contributed by atoms with Crippen molar-refractivity contribution in [1.82, 2.24) is 15.2 Å². The number of likely N-dealkylation sites (tertiary alicyclic amines) is 1. The molecule has 1 aliphatic heterocycles. The fourth-order valence-electron chi connectivity index (χ4n) is 3.57. The topological polar surface area (TPSA) is 40.5 Å². The molecule has 0 spiro atoms. The number of halogens is 1. The van der Waals surface area contributed by atoms with Gasteiger partial charge in [-0.15, -0.1) is 35.3 Å². The van der Waals surface area contributed by atoms with Gasteiger partial charge in [-0.1, -0.05) is 6.92 Å². The Balaban J connectivity index is 0.00000225. The average Bonchev–Trinajstić information content (AvgIpc) is 3.01. The molecule has 0 aromatic carbocycles. The molecule has 4 nitrogen and oxygen atoms in total. The third kappa shape index (κ3) is 6.08. The molecule has 1 aromatic rings. The van der Waals surface area contributed by atoms with E-state index in [1.54, 1.807) is 4.88 Å². The molecule has 3 rings (SSSR count). The summed E-state index contributed by atoms with van der Waals surface area (Å²) in [6.45, 7) is 8.65. The first-order chi connectivity index (χ1) is 11.8. The minimum absolute atomic E-state index is 0. The van der Waals surface area contributed by atoms with E-state index in [2.05, 4.69) is 24.1 Å². The van der Waals surface area contributed by atoms with Crippen LogP contribution in [0.4, 0.5) is 0 Å². The zero-order valence-corrected chi connectivity index (χ0v) is 18.9. The highest BCUT2D eigenvalue weighted by Crippen LogP contribution is 2.27. The lowest BCUT2D eigenvalue weighted by Gasteiger charge is -2.33. The predicted molar refractivity (Wildman–Crippen MR) is 118 cm³/mol. The molecule has 0 unspecified atom stereocenters. The number of aliphatic imine (C=N–C) groups is 1. The maximum absolute atomic E-state index is 4.87. The highest BCUT2D eigenvalue weighted by Gasteiger charge is 2.18. The molecule has 1 aliphatic carbocycles. The number of nitrogens with one attached hydrogen (secondary N) is 1. The van der Waals surface area contributed by atoms with Crippen molar-refractivity contribution in [3.63, 3.8) is 0 Å². The Bertz CT molecular complexity index is 526. The van der Waals surface area contributed by atoms with Gasteiger partial charge in [0.05, 0.1) is 10.7 Å². The monoisotopic (exact) mass is 476 g/mol. The van der Waals surface area contributed by atoms with Crippen LogP contribution in [0.15, 0.2) is 4.99 Å². The lowest BCUT2D eigenvalue weighted by atomic mass is 10.00. The predicted octanol–water partition coefficient (Wildman–Crippen LogP) is 4.27. The van der Waals surface area contributed by atoms with Gasteiger partial charge in [-0.25, -0.2) is 4.98 Å². The van der Waals surface area contributed by atoms with Gasteiger partial charge in [0.25, 0.3) is 0 Å². The molecule has 1 aromatic heterocycles. The van der Waals surface area contributed by atoms with Crippen molar-refractivity contribution in [3.05, 3.63) is 15.6 Å². The van der Waals surface area contributed by atoms with Gasteiger partial charge in [0.2, 0.25) is 0 Å². The molecule has 1 fully saturated rings. The maximum atomic E-state index is 4.87. The van der Waals surface area contributed by atoms with Crippen LogP contribution in [0.3, 0.4) is 0 Å². The van der Waals surface area contributed by atoms with Crippen LogP contribution in [0.5, 0.6) is 0 Å². The summed E-state index contributed by atoms with van der Waals surface area (Å²) >= 11 is 1.95. The van der Waals surface area contributed by atoms with Crippen molar-refractivity contribution in [2.45, 2.75) is 65.2 Å². The van der Waals surface area contributed by atoms with E-state index in [1.165, 1.54) is 49.2 Å². The summed E-state index contributed by atoms with van der Waals surface area (Å²) in [6.07, 6.45) is 9.87. The van der Waals surface area contributed by atoms with Gasteiger partial charge < -0.3 is 10.2 Å². The Kier molecular flexibility index (Phi) is 8.96. The number of aryl methyl sites for hydroxylation is 3. The Morgan fingerprint density at radius 3 is 2.76 bits per heavy atom. The van der Waals surface area contributed by atoms with Crippen LogP contribution >= 0.6 is 35.3 Å². The third-order valence-electron chi connectivity index (χ3n) is 5.12. The van der Waals surface area contributed by atoms with Gasteiger partial charge in [0.15, 0.2) is 5.96 Å². The summed E-state index contributed by atoms with van der Waals surface area (Å²) in [5.41, 5.74) is 1.39. The lowest BCUT2D eigenvalue weighted by molar-refractivity contribution is 0.273. The molecule has 0 bridgehead atoms. The zero-order chi connectivity index (χ0) is 16.8. The first-order valence-corrected chi connectivity index (χ1v) is 10.6. The number of piperidine rings is 1. The summed E-state index contributed by atoms with van der Waals surface area (Å²) in [6, 6.07) is 0. The van der Waals surface area contributed by atoms with Crippen molar-refractivity contribution in [2.24, 2.45) is 10.9 Å². The van der Waals surface area contributed by atoms with Gasteiger partial charge in [-0.05, 0) is 57.8 Å². The van der Waals surface area contributed by atoms with E-state index in [1.807, 2.05) is 11.3 Å². The van der Waals surface area contributed by atoms with Gasteiger partial charge in [0, 0.05) is 37.5 Å². The number of fused-ring (bicyclic) bond motifs is 1. The molecule has 2 aliphatic rings. The number of aromatic nitrogens is 1. The molecule has 6 heteroatoms. The molecular formula is C19H33IN4S. The van der Waals surface area contributed by atoms with Crippen LogP contribution < -0.4 is 5.32 Å². The Hall–Kier alpha value is -0.370. The summed E-state index contributed by atoms with van der Waals surface area (Å²) in [4.78, 5) is 13.7. The number of rotatable bonds is 5. The summed E-state index contributed by atoms with van der Waals surface area (Å²) < 4.78 is 0. The second-order valence-corrected chi connectivity index (χ2v) is 8.36. The minimum Gasteiger partial charge on any atom is -0.357 e. The highest BCUT2D eigenvalue weighted by molar-refractivity contribution is 14.0.